The molecule has 1 aromatic carbocycles. The highest BCUT2D eigenvalue weighted by molar-refractivity contribution is 7.48. The van der Waals surface area contributed by atoms with Crippen LogP contribution in [0.1, 0.15) is 84.1 Å². The van der Waals surface area contributed by atoms with E-state index in [0.717, 1.165) is 19.3 Å². The highest BCUT2D eigenvalue weighted by Gasteiger charge is 2.31. The number of carbonyl (C=O) groups excluding carboxylic acids is 4. The van der Waals surface area contributed by atoms with E-state index in [1.54, 1.807) is 24.3 Å². The molecule has 4 amide bonds. The van der Waals surface area contributed by atoms with Crippen LogP contribution in [0.4, 0.5) is 0 Å². The van der Waals surface area contributed by atoms with Crippen LogP contribution in [-0.4, -0.2) is 107 Å². The van der Waals surface area contributed by atoms with Crippen LogP contribution in [-0.2, 0) is 39.2 Å². The minimum absolute atomic E-state index is 0.145. The fraction of sp³-hybridized carbons (Fsp3) is 0.714. The second-order valence-electron chi connectivity index (χ2n) is 13.2. The van der Waals surface area contributed by atoms with Gasteiger partial charge in [0.25, 0.3) is 0 Å². The van der Waals surface area contributed by atoms with Crippen molar-refractivity contribution in [3.63, 3.8) is 0 Å². The third kappa shape index (κ3) is 20.0. The van der Waals surface area contributed by atoms with Gasteiger partial charge in [0.05, 0.1) is 13.2 Å². The molecule has 0 radical (unpaired) electrons. The van der Waals surface area contributed by atoms with Crippen molar-refractivity contribution in [3.05, 3.63) is 29.8 Å². The molecule has 5 N–H and O–H groups in total. The summed E-state index contributed by atoms with van der Waals surface area (Å²) in [5, 5.41) is 8.67. The molecule has 0 aliphatic carbocycles. The number of carbonyl (C=O) groups is 4. The standard InChI is InChI=1S/C35H63N6O8P/c1-8-10-12-16-32(43)38-30(34(44)39-33(27(3)9-2)35(45)37-21-14-11-13-15-31(36)42)26-28-17-19-29(20-18-28)49-50(46,47-24-22-40(4)5)48-25-23-41(6)7/h17-20,27,30,33H,8-16,21-26H2,1-7H3,(H2,36,42)(H,37,45)(H,38,43)(H,39,44)/t27-,30-,33-/m0/s1. The summed E-state index contributed by atoms with van der Waals surface area (Å²) in [6.07, 6.45) is 6.00. The smallest absolute Gasteiger partial charge is 0.404 e. The first-order valence-electron chi connectivity index (χ1n) is 17.8. The summed E-state index contributed by atoms with van der Waals surface area (Å²) < 4.78 is 30.3. The summed E-state index contributed by atoms with van der Waals surface area (Å²) >= 11 is 0. The fourth-order valence-corrected chi connectivity index (χ4v) is 5.87. The minimum atomic E-state index is -3.93. The van der Waals surface area contributed by atoms with E-state index in [0.29, 0.717) is 57.3 Å². The number of hydrogen-bond acceptors (Lipinski definition) is 10. The molecule has 0 unspecified atom stereocenters. The molecule has 0 fully saturated rings. The Bertz CT molecular complexity index is 1180. The van der Waals surface area contributed by atoms with Gasteiger partial charge in [-0.3, -0.25) is 28.2 Å². The molecule has 0 saturated carbocycles. The highest BCUT2D eigenvalue weighted by atomic mass is 31.2. The normalized spacial score (nSPS) is 13.5. The first-order valence-corrected chi connectivity index (χ1v) is 19.3. The van der Waals surface area contributed by atoms with Crippen LogP contribution < -0.4 is 26.2 Å². The van der Waals surface area contributed by atoms with Crippen LogP contribution in [0.5, 0.6) is 5.75 Å². The molecule has 0 aliphatic rings. The van der Waals surface area contributed by atoms with E-state index in [1.165, 1.54) is 0 Å². The quantitative estimate of drug-likeness (QED) is 0.0736. The van der Waals surface area contributed by atoms with Gasteiger partial charge in [-0.15, -0.1) is 0 Å². The number of rotatable bonds is 28. The van der Waals surface area contributed by atoms with E-state index in [-0.39, 0.29) is 55.4 Å². The van der Waals surface area contributed by atoms with Crippen LogP contribution in [0, 0.1) is 5.92 Å². The third-order valence-corrected chi connectivity index (χ3v) is 9.44. The van der Waals surface area contributed by atoms with Crippen LogP contribution in [0.15, 0.2) is 24.3 Å². The van der Waals surface area contributed by atoms with Gasteiger partial charge in [0.1, 0.15) is 17.8 Å². The van der Waals surface area contributed by atoms with Gasteiger partial charge >= 0.3 is 7.82 Å². The van der Waals surface area contributed by atoms with Gasteiger partial charge in [0.15, 0.2) is 0 Å². The Hall–Kier alpha value is -3.03. The number of primary amides is 1. The molecule has 15 heteroatoms. The average Bonchev–Trinajstić information content (AvgIpc) is 3.04. The SMILES string of the molecule is CCCCCC(=O)N[C@@H](Cc1ccc(OP(=O)(OCCN(C)C)OCCN(C)C)cc1)C(=O)N[C@H](C(=O)NCCCCCC(N)=O)[C@@H](C)CC. The number of unbranched alkanes of at least 4 members (excludes halogenated alkanes) is 4. The number of amides is 4. The Labute approximate surface area is 299 Å². The monoisotopic (exact) mass is 726 g/mol. The Morgan fingerprint density at radius 3 is 1.96 bits per heavy atom. The summed E-state index contributed by atoms with van der Waals surface area (Å²) in [6.45, 7) is 7.62. The van der Waals surface area contributed by atoms with Gasteiger partial charge in [-0.05, 0) is 71.1 Å². The van der Waals surface area contributed by atoms with Crippen LogP contribution >= 0.6 is 7.82 Å². The van der Waals surface area contributed by atoms with Gasteiger partial charge in [0.2, 0.25) is 23.6 Å². The lowest BCUT2D eigenvalue weighted by Crippen LogP contribution is -2.56. The third-order valence-electron chi connectivity index (χ3n) is 8.01. The number of benzene rings is 1. The number of phosphoric ester groups is 1. The molecule has 0 saturated heterocycles. The van der Waals surface area contributed by atoms with Crippen molar-refractivity contribution < 1.29 is 37.3 Å². The first-order chi connectivity index (χ1) is 23.7. The van der Waals surface area contributed by atoms with E-state index in [9.17, 15) is 23.7 Å². The number of nitrogens with two attached hydrogens (primary N) is 1. The summed E-state index contributed by atoms with van der Waals surface area (Å²) in [5.41, 5.74) is 5.91. The molecule has 0 heterocycles. The van der Waals surface area contributed by atoms with Crippen LogP contribution in [0.3, 0.4) is 0 Å². The lowest BCUT2D eigenvalue weighted by molar-refractivity contribution is -0.133. The average molecular weight is 727 g/mol. The molecule has 0 aromatic heterocycles. The van der Waals surface area contributed by atoms with Crippen molar-refractivity contribution >= 4 is 31.5 Å². The molecule has 0 bridgehead atoms. The maximum Gasteiger partial charge on any atom is 0.530 e. The summed E-state index contributed by atoms with van der Waals surface area (Å²) in [7, 11) is 3.57. The number of nitrogens with zero attached hydrogens (tertiary/aromatic N) is 2. The fourth-order valence-electron chi connectivity index (χ4n) is 4.70. The second kappa shape index (κ2) is 25.0. The number of likely N-dealkylation sites (N-methyl/N-ethyl adjacent to an activating group) is 2. The zero-order valence-corrected chi connectivity index (χ0v) is 32.2. The van der Waals surface area contributed by atoms with Crippen LogP contribution in [0.2, 0.25) is 0 Å². The largest absolute Gasteiger partial charge is 0.530 e. The minimum Gasteiger partial charge on any atom is -0.404 e. The van der Waals surface area contributed by atoms with Crippen molar-refractivity contribution in [2.75, 3.05) is 61.0 Å². The van der Waals surface area contributed by atoms with Gasteiger partial charge in [0, 0.05) is 38.9 Å². The Morgan fingerprint density at radius 1 is 0.820 bits per heavy atom. The van der Waals surface area contributed by atoms with E-state index in [4.69, 9.17) is 19.3 Å². The van der Waals surface area contributed by atoms with E-state index >= 15 is 0 Å². The first kappa shape index (κ1) is 45.0. The highest BCUT2D eigenvalue weighted by Crippen LogP contribution is 2.49. The molecular weight excluding hydrogens is 663 g/mol. The van der Waals surface area contributed by atoms with Crippen molar-refractivity contribution in [3.8, 4) is 5.75 Å². The van der Waals surface area contributed by atoms with Crippen molar-refractivity contribution in [2.24, 2.45) is 11.7 Å². The summed E-state index contributed by atoms with van der Waals surface area (Å²) in [6, 6.07) is 4.92. The predicted octanol–water partition coefficient (Wildman–Crippen LogP) is 3.63. The maximum absolute atomic E-state index is 13.7. The molecule has 1 rings (SSSR count). The van der Waals surface area contributed by atoms with Crippen molar-refractivity contribution in [1.82, 2.24) is 25.8 Å². The van der Waals surface area contributed by atoms with Gasteiger partial charge in [-0.2, -0.15) is 0 Å². The molecule has 0 spiro atoms. The van der Waals surface area contributed by atoms with Crippen molar-refractivity contribution in [1.29, 1.82) is 0 Å². The number of phosphoric acid groups is 1. The second-order valence-corrected chi connectivity index (χ2v) is 14.8. The van der Waals surface area contributed by atoms with Gasteiger partial charge in [-0.1, -0.05) is 58.6 Å². The Morgan fingerprint density at radius 2 is 1.42 bits per heavy atom. The Kier molecular flexibility index (Phi) is 22.5. The zero-order valence-electron chi connectivity index (χ0n) is 31.3. The summed E-state index contributed by atoms with van der Waals surface area (Å²) in [5.74, 6) is -1.27. The van der Waals surface area contributed by atoms with E-state index < -0.39 is 25.8 Å². The Balaban J connectivity index is 3.09. The molecule has 286 valence electrons. The lowest BCUT2D eigenvalue weighted by atomic mass is 9.97. The molecule has 0 aliphatic heterocycles. The van der Waals surface area contributed by atoms with Gasteiger partial charge in [-0.25, -0.2) is 4.57 Å². The molecule has 14 nitrogen and oxygen atoms in total. The van der Waals surface area contributed by atoms with E-state index in [1.807, 2.05) is 58.8 Å². The van der Waals surface area contributed by atoms with E-state index in [2.05, 4.69) is 16.0 Å². The molecule has 1 aromatic rings. The summed E-state index contributed by atoms with van der Waals surface area (Å²) in [4.78, 5) is 54.6. The number of nitrogens with one attached hydrogen (secondary N) is 3. The lowest BCUT2D eigenvalue weighted by Gasteiger charge is -2.27. The van der Waals surface area contributed by atoms with Gasteiger partial charge < -0.3 is 36.0 Å². The topological polar surface area (TPSA) is 182 Å². The molecule has 3 atom stereocenters. The van der Waals surface area contributed by atoms with Crippen LogP contribution in [0.25, 0.3) is 0 Å². The number of hydrogen-bond donors (Lipinski definition) is 4. The molecular formula is C35H63N6O8P. The maximum atomic E-state index is 13.7. The van der Waals surface area contributed by atoms with Crippen molar-refractivity contribution in [2.45, 2.75) is 97.1 Å². The zero-order chi connectivity index (χ0) is 37.5. The molecule has 50 heavy (non-hydrogen) atoms. The predicted molar refractivity (Wildman–Crippen MR) is 196 cm³/mol.